The van der Waals surface area contributed by atoms with Crippen molar-refractivity contribution in [3.05, 3.63) is 53.6 Å². The summed E-state index contributed by atoms with van der Waals surface area (Å²) >= 11 is 0. The highest BCUT2D eigenvalue weighted by molar-refractivity contribution is 5.95. The molecule has 3 fully saturated rings. The van der Waals surface area contributed by atoms with Gasteiger partial charge in [0.05, 0.1) is 31.6 Å². The monoisotopic (exact) mass is 427 g/mol. The van der Waals surface area contributed by atoms with Crippen molar-refractivity contribution in [3.8, 4) is 5.75 Å². The second kappa shape index (κ2) is 7.46. The van der Waals surface area contributed by atoms with E-state index in [1.807, 2.05) is 22.8 Å². The lowest BCUT2D eigenvalue weighted by Crippen LogP contribution is -2.55. The number of aromatic nitrogens is 1. The van der Waals surface area contributed by atoms with Gasteiger partial charge in [-0.3, -0.25) is 9.78 Å². The molecule has 1 aromatic carbocycles. The number of carbonyl (C=O) groups excluding carboxylic acids is 1. The first-order chi connectivity index (χ1) is 15.0. The molecule has 1 amide bonds. The number of methoxy groups -OCH3 is 1. The summed E-state index contributed by atoms with van der Waals surface area (Å²) < 4.78 is 26.1. The maximum Gasteiger partial charge on any atom is 0.254 e. The van der Waals surface area contributed by atoms with Crippen LogP contribution in [0.1, 0.15) is 15.9 Å². The van der Waals surface area contributed by atoms with Crippen LogP contribution in [-0.4, -0.2) is 72.5 Å². The van der Waals surface area contributed by atoms with Crippen molar-refractivity contribution in [3.63, 3.8) is 0 Å². The standard InChI is InChI=1S/C23H26FN3O4/c1-14-7-15(3-4-20(14)30-2)22(29)27-10-21-16(11-28)17-9-26(12-23(17,13-27)31-21)19-5-6-25-8-18(19)24/h3-8,16-17,21,28H,9-13H2,1-2H3/t16-,17+,21+,23-/m0/s1. The zero-order valence-corrected chi connectivity index (χ0v) is 17.6. The van der Waals surface area contributed by atoms with Crippen LogP contribution in [0.5, 0.6) is 5.75 Å². The summed E-state index contributed by atoms with van der Waals surface area (Å²) in [6.07, 6.45) is 2.55. The number of pyridine rings is 1. The normalized spacial score (nSPS) is 29.2. The van der Waals surface area contributed by atoms with E-state index in [1.54, 1.807) is 31.5 Å². The number of benzene rings is 1. The SMILES string of the molecule is COc1ccc(C(=O)N2C[C@H]3O[C@]4(C2)CN(c2ccncc2F)C[C@@H]4[C@@H]3CO)cc1C. The number of hydrogen-bond donors (Lipinski definition) is 1. The fourth-order valence-corrected chi connectivity index (χ4v) is 5.59. The Morgan fingerprint density at radius 3 is 2.90 bits per heavy atom. The van der Waals surface area contributed by atoms with E-state index in [4.69, 9.17) is 9.47 Å². The van der Waals surface area contributed by atoms with E-state index in [9.17, 15) is 14.3 Å². The van der Waals surface area contributed by atoms with E-state index in [2.05, 4.69) is 4.98 Å². The van der Waals surface area contributed by atoms with Crippen LogP contribution in [0.15, 0.2) is 36.7 Å². The summed E-state index contributed by atoms with van der Waals surface area (Å²) in [5.74, 6) is 0.219. The summed E-state index contributed by atoms with van der Waals surface area (Å²) in [6.45, 7) is 3.79. The van der Waals surface area contributed by atoms with Gasteiger partial charge in [-0.05, 0) is 36.8 Å². The van der Waals surface area contributed by atoms with E-state index < -0.39 is 5.60 Å². The van der Waals surface area contributed by atoms with Crippen LogP contribution in [-0.2, 0) is 4.74 Å². The summed E-state index contributed by atoms with van der Waals surface area (Å²) in [4.78, 5) is 20.9. The Kier molecular flexibility index (Phi) is 4.86. The van der Waals surface area contributed by atoms with E-state index in [-0.39, 0.29) is 36.3 Å². The maximum atomic E-state index is 14.4. The van der Waals surface area contributed by atoms with Crippen molar-refractivity contribution in [2.24, 2.45) is 11.8 Å². The molecule has 0 unspecified atom stereocenters. The summed E-state index contributed by atoms with van der Waals surface area (Å²) in [7, 11) is 1.61. The molecular weight excluding hydrogens is 401 g/mol. The minimum Gasteiger partial charge on any atom is -0.496 e. The maximum absolute atomic E-state index is 14.4. The first-order valence-corrected chi connectivity index (χ1v) is 10.5. The van der Waals surface area contributed by atoms with Crippen LogP contribution in [0.3, 0.4) is 0 Å². The third kappa shape index (κ3) is 3.16. The van der Waals surface area contributed by atoms with Crippen molar-refractivity contribution in [1.29, 1.82) is 0 Å². The third-order valence-corrected chi connectivity index (χ3v) is 7.02. The fraction of sp³-hybridized carbons (Fsp3) is 0.478. The minimum atomic E-state index is -0.622. The lowest BCUT2D eigenvalue weighted by atomic mass is 9.83. The molecule has 2 aromatic rings. The quantitative estimate of drug-likeness (QED) is 0.803. The molecule has 164 valence electrons. The number of fused-ring (bicyclic) bond motifs is 1. The summed E-state index contributed by atoms with van der Waals surface area (Å²) in [6, 6.07) is 7.07. The Morgan fingerprint density at radius 1 is 1.35 bits per heavy atom. The van der Waals surface area contributed by atoms with Crippen molar-refractivity contribution in [2.45, 2.75) is 18.6 Å². The molecule has 31 heavy (non-hydrogen) atoms. The first-order valence-electron chi connectivity index (χ1n) is 10.5. The van der Waals surface area contributed by atoms with Gasteiger partial charge in [0.2, 0.25) is 0 Å². The topological polar surface area (TPSA) is 75.1 Å². The van der Waals surface area contributed by atoms with Crippen molar-refractivity contribution in [2.75, 3.05) is 44.8 Å². The highest BCUT2D eigenvalue weighted by Gasteiger charge is 2.63. The van der Waals surface area contributed by atoms with Crippen molar-refractivity contribution in [1.82, 2.24) is 9.88 Å². The van der Waals surface area contributed by atoms with Crippen LogP contribution in [0.4, 0.5) is 10.1 Å². The van der Waals surface area contributed by atoms with Crippen LogP contribution < -0.4 is 9.64 Å². The predicted octanol–water partition coefficient (Wildman–Crippen LogP) is 1.88. The van der Waals surface area contributed by atoms with Crippen molar-refractivity contribution >= 4 is 11.6 Å². The Morgan fingerprint density at radius 2 is 2.19 bits per heavy atom. The van der Waals surface area contributed by atoms with Gasteiger partial charge in [-0.1, -0.05) is 0 Å². The van der Waals surface area contributed by atoms with Crippen molar-refractivity contribution < 1.29 is 23.8 Å². The number of morpholine rings is 1. The van der Waals surface area contributed by atoms with E-state index in [0.29, 0.717) is 37.4 Å². The number of ether oxygens (including phenoxy) is 2. The number of nitrogens with zero attached hydrogens (tertiary/aromatic N) is 3. The van der Waals surface area contributed by atoms with Gasteiger partial charge in [-0.15, -0.1) is 0 Å². The molecule has 7 nitrogen and oxygen atoms in total. The first kappa shape index (κ1) is 20.2. The third-order valence-electron chi connectivity index (χ3n) is 7.02. The molecule has 0 radical (unpaired) electrons. The van der Waals surface area contributed by atoms with Gasteiger partial charge in [0.25, 0.3) is 5.91 Å². The highest BCUT2D eigenvalue weighted by Crippen LogP contribution is 2.50. The number of anilines is 1. The Hall–Kier alpha value is -2.71. The van der Waals surface area contributed by atoms with E-state index in [1.165, 1.54) is 6.20 Å². The van der Waals surface area contributed by atoms with E-state index in [0.717, 1.165) is 11.3 Å². The lowest BCUT2D eigenvalue weighted by molar-refractivity contribution is -0.100. The smallest absolute Gasteiger partial charge is 0.254 e. The molecule has 4 atom stereocenters. The molecule has 5 rings (SSSR count). The number of aliphatic hydroxyl groups is 1. The fourth-order valence-electron chi connectivity index (χ4n) is 5.59. The Balaban J connectivity index is 1.43. The number of hydrogen-bond acceptors (Lipinski definition) is 6. The Bertz CT molecular complexity index is 1020. The summed E-state index contributed by atoms with van der Waals surface area (Å²) in [5, 5.41) is 10.1. The number of halogens is 1. The van der Waals surface area contributed by atoms with Gasteiger partial charge in [0.15, 0.2) is 5.82 Å². The average molecular weight is 427 g/mol. The van der Waals surface area contributed by atoms with Crippen LogP contribution >= 0.6 is 0 Å². The van der Waals surface area contributed by atoms with Crippen LogP contribution in [0, 0.1) is 24.6 Å². The van der Waals surface area contributed by atoms with Gasteiger partial charge in [0, 0.05) is 49.8 Å². The molecule has 3 aliphatic heterocycles. The van der Waals surface area contributed by atoms with Crippen LogP contribution in [0.25, 0.3) is 0 Å². The molecule has 0 aliphatic carbocycles. The van der Waals surface area contributed by atoms with Gasteiger partial charge in [-0.25, -0.2) is 4.39 Å². The molecular formula is C23H26FN3O4. The minimum absolute atomic E-state index is 0.0190. The van der Waals surface area contributed by atoms with Crippen LogP contribution in [0.2, 0.25) is 0 Å². The van der Waals surface area contributed by atoms with Gasteiger partial charge < -0.3 is 24.4 Å². The molecule has 1 N–H and O–H groups in total. The van der Waals surface area contributed by atoms with Gasteiger partial charge in [-0.2, -0.15) is 0 Å². The highest BCUT2D eigenvalue weighted by atomic mass is 19.1. The summed E-state index contributed by atoms with van der Waals surface area (Å²) in [5.41, 5.74) is 1.35. The van der Waals surface area contributed by atoms with Gasteiger partial charge >= 0.3 is 0 Å². The predicted molar refractivity (Wildman–Crippen MR) is 112 cm³/mol. The number of carbonyl (C=O) groups is 1. The molecule has 1 spiro atoms. The molecule has 0 saturated carbocycles. The second-order valence-corrected chi connectivity index (χ2v) is 8.75. The van der Waals surface area contributed by atoms with E-state index >= 15 is 0 Å². The molecule has 4 heterocycles. The number of aryl methyl sites for hydroxylation is 1. The number of aliphatic hydroxyl groups excluding tert-OH is 1. The molecule has 8 heteroatoms. The largest absolute Gasteiger partial charge is 0.496 e. The number of rotatable bonds is 4. The second-order valence-electron chi connectivity index (χ2n) is 8.75. The zero-order chi connectivity index (χ0) is 21.8. The molecule has 1 aromatic heterocycles. The lowest BCUT2D eigenvalue weighted by Gasteiger charge is -2.40. The molecule has 3 saturated heterocycles. The average Bonchev–Trinajstić information content (AvgIpc) is 3.20. The molecule has 2 bridgehead atoms. The molecule has 3 aliphatic rings. The number of likely N-dealkylation sites (tertiary alicyclic amines) is 1. The zero-order valence-electron chi connectivity index (χ0n) is 17.6. The Labute approximate surface area is 180 Å². The van der Waals surface area contributed by atoms with Gasteiger partial charge in [0.1, 0.15) is 11.4 Å². The number of amides is 1.